The Labute approximate surface area is 117 Å². The van der Waals surface area contributed by atoms with Gasteiger partial charge in [0.1, 0.15) is 0 Å². The lowest BCUT2D eigenvalue weighted by Crippen LogP contribution is -2.21. The molecule has 0 amide bonds. The smallest absolute Gasteiger partial charge is 0.164 e. The van der Waals surface area contributed by atoms with Crippen molar-refractivity contribution in [2.24, 2.45) is 0 Å². The number of carbonyl (C=O) groups is 1. The fraction of sp³-hybridized carbons (Fsp3) is 0.333. The van der Waals surface area contributed by atoms with E-state index in [0.29, 0.717) is 6.42 Å². The third-order valence-corrected chi connectivity index (χ3v) is 3.99. The Bertz CT molecular complexity index is 536. The minimum Gasteiger partial charge on any atom is -0.301 e. The summed E-state index contributed by atoms with van der Waals surface area (Å²) in [4.78, 5) is 19.7. The molecule has 0 radical (unpaired) electrons. The van der Waals surface area contributed by atoms with Crippen LogP contribution in [0.5, 0.6) is 0 Å². The van der Waals surface area contributed by atoms with Crippen LogP contribution in [0.2, 0.25) is 0 Å². The van der Waals surface area contributed by atoms with Crippen LogP contribution >= 0.6 is 11.3 Å². The van der Waals surface area contributed by atoms with E-state index in [1.54, 1.807) is 11.3 Å². The average Bonchev–Trinajstić information content (AvgIpc) is 2.82. The molecule has 0 N–H and O–H groups in total. The topological polar surface area (TPSA) is 33.2 Å². The summed E-state index contributed by atoms with van der Waals surface area (Å²) in [6.45, 7) is 3.65. The van der Waals surface area contributed by atoms with Crippen LogP contribution in [0, 0.1) is 6.92 Å². The molecule has 2 rings (SSSR count). The van der Waals surface area contributed by atoms with Crippen LogP contribution in [0.1, 0.15) is 27.3 Å². The zero-order valence-electron chi connectivity index (χ0n) is 11.3. The predicted octanol–water partition coefficient (Wildman–Crippen LogP) is 3.16. The molecule has 0 aliphatic heterocycles. The first-order valence-corrected chi connectivity index (χ1v) is 7.20. The molecule has 19 heavy (non-hydrogen) atoms. The van der Waals surface area contributed by atoms with Crippen LogP contribution in [0.4, 0.5) is 0 Å². The molecule has 0 fully saturated rings. The number of ketones is 1. The highest BCUT2D eigenvalue weighted by Gasteiger charge is 2.09. The van der Waals surface area contributed by atoms with Gasteiger partial charge in [-0.3, -0.25) is 4.79 Å². The number of benzene rings is 1. The highest BCUT2D eigenvalue weighted by Crippen LogP contribution is 2.14. The SMILES string of the molecule is Cc1ncsc1CN(C)CCC(=O)c1ccccc1. The molecule has 1 aromatic carbocycles. The van der Waals surface area contributed by atoms with Crippen LogP contribution in [0.25, 0.3) is 0 Å². The van der Waals surface area contributed by atoms with Crippen molar-refractivity contribution in [2.75, 3.05) is 13.6 Å². The van der Waals surface area contributed by atoms with Crippen molar-refractivity contribution in [1.82, 2.24) is 9.88 Å². The molecule has 1 aromatic heterocycles. The molecule has 0 spiro atoms. The number of hydrogen-bond acceptors (Lipinski definition) is 4. The van der Waals surface area contributed by atoms with Gasteiger partial charge in [0, 0.05) is 30.0 Å². The first-order valence-electron chi connectivity index (χ1n) is 6.32. The zero-order valence-corrected chi connectivity index (χ0v) is 12.1. The Balaban J connectivity index is 1.82. The first-order chi connectivity index (χ1) is 9.16. The zero-order chi connectivity index (χ0) is 13.7. The molecule has 0 aliphatic rings. The van der Waals surface area contributed by atoms with Crippen molar-refractivity contribution < 1.29 is 4.79 Å². The van der Waals surface area contributed by atoms with E-state index in [9.17, 15) is 4.79 Å². The molecule has 3 nitrogen and oxygen atoms in total. The summed E-state index contributed by atoms with van der Waals surface area (Å²) in [6, 6.07) is 9.47. The molecular weight excluding hydrogens is 256 g/mol. The third kappa shape index (κ3) is 3.98. The summed E-state index contributed by atoms with van der Waals surface area (Å²) in [6.07, 6.45) is 0.554. The average molecular weight is 274 g/mol. The van der Waals surface area contributed by atoms with Crippen molar-refractivity contribution in [2.45, 2.75) is 19.9 Å². The van der Waals surface area contributed by atoms with Crippen LogP contribution in [0.15, 0.2) is 35.8 Å². The Morgan fingerprint density at radius 3 is 2.68 bits per heavy atom. The molecule has 0 unspecified atom stereocenters. The van der Waals surface area contributed by atoms with Crippen molar-refractivity contribution in [3.8, 4) is 0 Å². The van der Waals surface area contributed by atoms with Crippen LogP contribution in [0.3, 0.4) is 0 Å². The Morgan fingerprint density at radius 2 is 2.05 bits per heavy atom. The number of carbonyl (C=O) groups excluding carboxylic acids is 1. The quantitative estimate of drug-likeness (QED) is 0.759. The summed E-state index contributed by atoms with van der Waals surface area (Å²) in [5, 5.41) is 0. The van der Waals surface area contributed by atoms with E-state index in [0.717, 1.165) is 24.3 Å². The Kier molecular flexibility index (Phi) is 4.82. The van der Waals surface area contributed by atoms with Crippen molar-refractivity contribution in [3.63, 3.8) is 0 Å². The molecule has 0 atom stereocenters. The molecular formula is C15H18N2OS. The van der Waals surface area contributed by atoms with Gasteiger partial charge in [0.05, 0.1) is 11.2 Å². The standard InChI is InChI=1S/C15H18N2OS/c1-12-15(19-11-16-12)10-17(2)9-8-14(18)13-6-4-3-5-7-13/h3-7,11H,8-10H2,1-2H3. The monoisotopic (exact) mass is 274 g/mol. The molecule has 0 bridgehead atoms. The van der Waals surface area contributed by atoms with Gasteiger partial charge in [-0.1, -0.05) is 30.3 Å². The Hall–Kier alpha value is -1.52. The van der Waals surface area contributed by atoms with Crippen LogP contribution in [-0.2, 0) is 6.54 Å². The van der Waals surface area contributed by atoms with E-state index < -0.39 is 0 Å². The minimum absolute atomic E-state index is 0.202. The lowest BCUT2D eigenvalue weighted by Gasteiger charge is -2.15. The molecule has 0 saturated carbocycles. The van der Waals surface area contributed by atoms with Gasteiger partial charge < -0.3 is 4.90 Å². The Morgan fingerprint density at radius 1 is 1.32 bits per heavy atom. The van der Waals surface area contributed by atoms with Gasteiger partial charge in [0.25, 0.3) is 0 Å². The van der Waals surface area contributed by atoms with Crippen molar-refractivity contribution in [3.05, 3.63) is 52.0 Å². The largest absolute Gasteiger partial charge is 0.301 e. The lowest BCUT2D eigenvalue weighted by molar-refractivity contribution is 0.0968. The predicted molar refractivity (Wildman–Crippen MR) is 78.6 cm³/mol. The summed E-state index contributed by atoms with van der Waals surface area (Å²) in [5.41, 5.74) is 3.75. The second-order valence-electron chi connectivity index (χ2n) is 4.64. The van der Waals surface area contributed by atoms with Gasteiger partial charge in [0.15, 0.2) is 5.78 Å². The summed E-state index contributed by atoms with van der Waals surface area (Å²) >= 11 is 1.67. The van der Waals surface area contributed by atoms with E-state index in [1.165, 1.54) is 4.88 Å². The van der Waals surface area contributed by atoms with Gasteiger partial charge in [-0.05, 0) is 14.0 Å². The van der Waals surface area contributed by atoms with Gasteiger partial charge in [-0.25, -0.2) is 4.98 Å². The van der Waals surface area contributed by atoms with Crippen LogP contribution < -0.4 is 0 Å². The summed E-state index contributed by atoms with van der Waals surface area (Å²) in [5.74, 6) is 0.202. The van der Waals surface area contributed by atoms with E-state index in [-0.39, 0.29) is 5.78 Å². The van der Waals surface area contributed by atoms with E-state index in [2.05, 4.69) is 9.88 Å². The number of nitrogens with zero attached hydrogens (tertiary/aromatic N) is 2. The van der Waals surface area contributed by atoms with E-state index in [1.807, 2.05) is 49.8 Å². The van der Waals surface area contributed by atoms with Crippen molar-refractivity contribution in [1.29, 1.82) is 0 Å². The third-order valence-electron chi connectivity index (χ3n) is 3.07. The van der Waals surface area contributed by atoms with Gasteiger partial charge in [0.2, 0.25) is 0 Å². The maximum Gasteiger partial charge on any atom is 0.164 e. The molecule has 2 aromatic rings. The number of aryl methyl sites for hydroxylation is 1. The summed E-state index contributed by atoms with van der Waals surface area (Å²) < 4.78 is 0. The second-order valence-corrected chi connectivity index (χ2v) is 5.58. The summed E-state index contributed by atoms with van der Waals surface area (Å²) in [7, 11) is 2.04. The number of hydrogen-bond donors (Lipinski definition) is 0. The maximum atomic E-state index is 12.0. The lowest BCUT2D eigenvalue weighted by atomic mass is 10.1. The van der Waals surface area contributed by atoms with Gasteiger partial charge in [-0.15, -0.1) is 11.3 Å². The van der Waals surface area contributed by atoms with E-state index >= 15 is 0 Å². The fourth-order valence-corrected chi connectivity index (χ4v) is 2.72. The van der Waals surface area contributed by atoms with Crippen LogP contribution in [-0.4, -0.2) is 29.3 Å². The molecule has 4 heteroatoms. The molecule has 1 heterocycles. The normalized spacial score (nSPS) is 10.9. The van der Waals surface area contributed by atoms with Gasteiger partial charge >= 0.3 is 0 Å². The van der Waals surface area contributed by atoms with Crippen molar-refractivity contribution >= 4 is 17.1 Å². The van der Waals surface area contributed by atoms with Gasteiger partial charge in [-0.2, -0.15) is 0 Å². The number of thiazole rings is 1. The minimum atomic E-state index is 0.202. The number of Topliss-reactive ketones (excluding diaryl/α,β-unsaturated/α-hetero) is 1. The highest BCUT2D eigenvalue weighted by atomic mass is 32.1. The maximum absolute atomic E-state index is 12.0. The number of rotatable bonds is 6. The molecule has 0 aliphatic carbocycles. The highest BCUT2D eigenvalue weighted by molar-refractivity contribution is 7.09. The number of aromatic nitrogens is 1. The fourth-order valence-electron chi connectivity index (χ4n) is 1.86. The molecule has 100 valence electrons. The first kappa shape index (κ1) is 13.9. The molecule has 0 saturated heterocycles. The van der Waals surface area contributed by atoms with E-state index in [4.69, 9.17) is 0 Å². The second kappa shape index (κ2) is 6.59.